The van der Waals surface area contributed by atoms with Gasteiger partial charge in [0, 0.05) is 12.5 Å². The second kappa shape index (κ2) is 6.23. The fourth-order valence-electron chi connectivity index (χ4n) is 2.66. The Labute approximate surface area is 125 Å². The molecule has 3 unspecified atom stereocenters. The Hall–Kier alpha value is -0.930. The highest BCUT2D eigenvalue weighted by atomic mass is 35.5. The molecule has 0 spiro atoms. The average Bonchev–Trinajstić information content (AvgIpc) is 2.88. The van der Waals surface area contributed by atoms with E-state index in [0.29, 0.717) is 25.2 Å². The van der Waals surface area contributed by atoms with Crippen LogP contribution < -0.4 is 9.47 Å². The molecule has 3 nitrogen and oxygen atoms in total. The monoisotopic (exact) mass is 296 g/mol. The smallest absolute Gasteiger partial charge is 0.161 e. The predicted octanol–water partition coefficient (Wildman–Crippen LogP) is 3.94. The molecule has 1 fully saturated rings. The van der Waals surface area contributed by atoms with Crippen LogP contribution >= 0.6 is 11.6 Å². The summed E-state index contributed by atoms with van der Waals surface area (Å²) in [4.78, 5) is 0. The maximum absolute atomic E-state index is 6.52. The third-order valence-electron chi connectivity index (χ3n) is 3.87. The van der Waals surface area contributed by atoms with E-state index in [2.05, 4.69) is 6.92 Å². The molecule has 0 bridgehead atoms. The van der Waals surface area contributed by atoms with E-state index in [9.17, 15) is 0 Å². The van der Waals surface area contributed by atoms with Crippen LogP contribution in [0.4, 0.5) is 0 Å². The van der Waals surface area contributed by atoms with Crippen LogP contribution in [0.3, 0.4) is 0 Å². The van der Waals surface area contributed by atoms with Crippen molar-refractivity contribution in [2.24, 2.45) is 5.92 Å². The highest BCUT2D eigenvalue weighted by Gasteiger charge is 2.22. The molecule has 1 aromatic carbocycles. The van der Waals surface area contributed by atoms with E-state index >= 15 is 0 Å². The van der Waals surface area contributed by atoms with Gasteiger partial charge in [0.2, 0.25) is 0 Å². The van der Waals surface area contributed by atoms with Crippen molar-refractivity contribution < 1.29 is 14.2 Å². The molecule has 2 heterocycles. The van der Waals surface area contributed by atoms with E-state index < -0.39 is 0 Å². The van der Waals surface area contributed by atoms with E-state index in [4.69, 9.17) is 25.8 Å². The van der Waals surface area contributed by atoms with Crippen LogP contribution in [0.15, 0.2) is 18.2 Å². The van der Waals surface area contributed by atoms with Crippen LogP contribution in [0.25, 0.3) is 0 Å². The van der Waals surface area contributed by atoms with Gasteiger partial charge in [-0.25, -0.2) is 0 Å². The van der Waals surface area contributed by atoms with Gasteiger partial charge in [-0.1, -0.05) is 13.0 Å². The number of rotatable bonds is 3. The van der Waals surface area contributed by atoms with Gasteiger partial charge >= 0.3 is 0 Å². The van der Waals surface area contributed by atoms with Crippen molar-refractivity contribution in [2.75, 3.05) is 19.8 Å². The first-order valence-electron chi connectivity index (χ1n) is 7.37. The minimum absolute atomic E-state index is 0.0346. The molecule has 3 atom stereocenters. The second-order valence-electron chi connectivity index (χ2n) is 5.77. The Morgan fingerprint density at radius 3 is 2.80 bits per heavy atom. The predicted molar refractivity (Wildman–Crippen MR) is 78.8 cm³/mol. The molecule has 0 aliphatic carbocycles. The van der Waals surface area contributed by atoms with Crippen LogP contribution in [0.2, 0.25) is 0 Å². The first-order chi connectivity index (χ1) is 9.72. The summed E-state index contributed by atoms with van der Waals surface area (Å²) in [6, 6.07) is 6.01. The summed E-state index contributed by atoms with van der Waals surface area (Å²) in [6.45, 7) is 4.38. The number of benzene rings is 1. The minimum Gasteiger partial charge on any atom is -0.489 e. The van der Waals surface area contributed by atoms with Gasteiger partial charge < -0.3 is 14.2 Å². The number of alkyl halides is 1. The van der Waals surface area contributed by atoms with Gasteiger partial charge in [-0.3, -0.25) is 0 Å². The van der Waals surface area contributed by atoms with Gasteiger partial charge in [0.25, 0.3) is 0 Å². The molecule has 1 aromatic rings. The largest absolute Gasteiger partial charge is 0.489 e. The molecular weight excluding hydrogens is 276 g/mol. The van der Waals surface area contributed by atoms with Gasteiger partial charge in [-0.15, -0.1) is 11.6 Å². The van der Waals surface area contributed by atoms with Gasteiger partial charge in [0.05, 0.1) is 24.7 Å². The zero-order chi connectivity index (χ0) is 13.9. The molecule has 110 valence electrons. The summed E-state index contributed by atoms with van der Waals surface area (Å²) in [7, 11) is 0. The van der Waals surface area contributed by atoms with Crippen LogP contribution in [0, 0.1) is 5.92 Å². The minimum atomic E-state index is -0.0346. The van der Waals surface area contributed by atoms with Crippen molar-refractivity contribution in [1.29, 1.82) is 0 Å². The number of ether oxygens (including phenoxy) is 3. The van der Waals surface area contributed by atoms with Gasteiger partial charge in [0.15, 0.2) is 11.5 Å². The lowest BCUT2D eigenvalue weighted by molar-refractivity contribution is 0.103. The molecule has 0 radical (unpaired) electrons. The van der Waals surface area contributed by atoms with E-state index in [1.807, 2.05) is 18.2 Å². The van der Waals surface area contributed by atoms with Crippen LogP contribution in [-0.2, 0) is 4.74 Å². The Bertz CT molecular complexity index is 457. The maximum Gasteiger partial charge on any atom is 0.161 e. The Kier molecular flexibility index (Phi) is 4.37. The van der Waals surface area contributed by atoms with Gasteiger partial charge in [0.1, 0.15) is 0 Å². The van der Waals surface area contributed by atoms with Crippen molar-refractivity contribution in [3.8, 4) is 11.5 Å². The molecule has 0 saturated carbocycles. The molecule has 0 N–H and O–H groups in total. The molecule has 0 aromatic heterocycles. The summed E-state index contributed by atoms with van der Waals surface area (Å²) in [5.41, 5.74) is 1.08. The quantitative estimate of drug-likeness (QED) is 0.791. The summed E-state index contributed by atoms with van der Waals surface area (Å²) in [6.07, 6.45) is 3.42. The van der Waals surface area contributed by atoms with Gasteiger partial charge in [-0.05, 0) is 37.0 Å². The van der Waals surface area contributed by atoms with Crippen LogP contribution in [-0.4, -0.2) is 25.9 Å². The topological polar surface area (TPSA) is 27.7 Å². The van der Waals surface area contributed by atoms with Crippen molar-refractivity contribution in [3.63, 3.8) is 0 Å². The fourth-order valence-corrected chi connectivity index (χ4v) is 3.00. The molecular formula is C16H21ClO3. The molecule has 2 aliphatic rings. The third kappa shape index (κ3) is 3.21. The normalized spacial score (nSPS) is 27.1. The lowest BCUT2D eigenvalue weighted by atomic mass is 10.0. The molecule has 2 aliphatic heterocycles. The van der Waals surface area contributed by atoms with Crippen molar-refractivity contribution in [3.05, 3.63) is 23.8 Å². The number of fused-ring (bicyclic) bond motifs is 1. The highest BCUT2D eigenvalue weighted by Crippen LogP contribution is 2.37. The van der Waals surface area contributed by atoms with E-state index in [-0.39, 0.29) is 5.38 Å². The molecule has 4 heteroatoms. The Morgan fingerprint density at radius 2 is 2.05 bits per heavy atom. The number of hydrogen-bond acceptors (Lipinski definition) is 3. The number of halogens is 1. The van der Waals surface area contributed by atoms with Crippen molar-refractivity contribution in [1.82, 2.24) is 0 Å². The summed E-state index contributed by atoms with van der Waals surface area (Å²) in [5, 5.41) is -0.0346. The van der Waals surface area contributed by atoms with E-state index in [1.165, 1.54) is 0 Å². The molecule has 0 amide bonds. The molecule has 1 saturated heterocycles. The van der Waals surface area contributed by atoms with Crippen molar-refractivity contribution in [2.45, 2.75) is 37.7 Å². The average molecular weight is 297 g/mol. The second-order valence-corrected chi connectivity index (χ2v) is 6.30. The van der Waals surface area contributed by atoms with E-state index in [0.717, 1.165) is 42.9 Å². The summed E-state index contributed by atoms with van der Waals surface area (Å²) in [5.74, 6) is 2.04. The standard InChI is InChI=1S/C16H21ClO3/c1-11-9-19-15-5-4-12(7-16(15)20-10-11)14(17)8-13-3-2-6-18-13/h4-5,7,11,13-14H,2-3,6,8-10H2,1H3. The Morgan fingerprint density at radius 1 is 1.25 bits per heavy atom. The first kappa shape index (κ1) is 14.0. The fraction of sp³-hybridized carbons (Fsp3) is 0.625. The lowest BCUT2D eigenvalue weighted by Gasteiger charge is -2.16. The van der Waals surface area contributed by atoms with Crippen LogP contribution in [0.5, 0.6) is 11.5 Å². The number of hydrogen-bond donors (Lipinski definition) is 0. The van der Waals surface area contributed by atoms with Crippen LogP contribution in [0.1, 0.15) is 37.1 Å². The maximum atomic E-state index is 6.52. The third-order valence-corrected chi connectivity index (χ3v) is 4.30. The zero-order valence-corrected chi connectivity index (χ0v) is 12.6. The van der Waals surface area contributed by atoms with E-state index in [1.54, 1.807) is 0 Å². The van der Waals surface area contributed by atoms with Crippen molar-refractivity contribution >= 4 is 11.6 Å². The highest BCUT2D eigenvalue weighted by molar-refractivity contribution is 6.20. The Balaban J connectivity index is 1.71. The van der Waals surface area contributed by atoms with Gasteiger partial charge in [-0.2, -0.15) is 0 Å². The summed E-state index contributed by atoms with van der Waals surface area (Å²) < 4.78 is 17.2. The molecule has 20 heavy (non-hydrogen) atoms. The SMILES string of the molecule is CC1COc2ccc(C(Cl)CC3CCCO3)cc2OC1. The lowest BCUT2D eigenvalue weighted by Crippen LogP contribution is -2.12. The summed E-state index contributed by atoms with van der Waals surface area (Å²) >= 11 is 6.52. The molecule has 3 rings (SSSR count). The first-order valence-corrected chi connectivity index (χ1v) is 7.81. The zero-order valence-electron chi connectivity index (χ0n) is 11.8.